The zero-order valence-corrected chi connectivity index (χ0v) is 9.82. The minimum Gasteiger partial charge on any atom is -0.304 e. The quantitative estimate of drug-likeness (QED) is 0.581. The van der Waals surface area contributed by atoms with Gasteiger partial charge < -0.3 is 4.40 Å². The largest absolute Gasteiger partial charge is 0.304 e. The summed E-state index contributed by atoms with van der Waals surface area (Å²) in [5.74, 6) is 0. The summed E-state index contributed by atoms with van der Waals surface area (Å²) in [6.07, 6.45) is 2.11. The summed E-state index contributed by atoms with van der Waals surface area (Å²) < 4.78 is 2.60. The zero-order valence-electron chi connectivity index (χ0n) is 7.66. The molecule has 0 saturated heterocycles. The first kappa shape index (κ1) is 8.99. The van der Waals surface area contributed by atoms with Gasteiger partial charge in [-0.05, 0) is 26.0 Å². The molecule has 0 aliphatic carbocycles. The summed E-state index contributed by atoms with van der Waals surface area (Å²) >= 11 is 2.38. The van der Waals surface area contributed by atoms with Crippen molar-refractivity contribution >= 4 is 28.2 Å². The van der Waals surface area contributed by atoms with Crippen molar-refractivity contribution in [3.8, 4) is 0 Å². The summed E-state index contributed by atoms with van der Waals surface area (Å²) in [6, 6.07) is 6.17. The molecule has 2 nitrogen and oxygen atoms in total. The number of nitrogens with zero attached hydrogens (tertiary/aromatic N) is 2. The highest BCUT2D eigenvalue weighted by Crippen LogP contribution is 2.21. The Bertz CT molecular complexity index is 431. The molecule has 0 fully saturated rings. The summed E-state index contributed by atoms with van der Waals surface area (Å²) in [6.45, 7) is 4.24. The third-order valence-corrected chi connectivity index (χ3v) is 2.76. The number of hydrogen-bond acceptors (Lipinski definition) is 1. The van der Waals surface area contributed by atoms with Crippen molar-refractivity contribution in [3.05, 3.63) is 35.8 Å². The first-order chi connectivity index (χ1) is 6.18. The van der Waals surface area contributed by atoms with E-state index in [2.05, 4.69) is 58.1 Å². The van der Waals surface area contributed by atoms with Gasteiger partial charge in [0, 0.05) is 11.9 Å². The van der Waals surface area contributed by atoms with Gasteiger partial charge in [-0.1, -0.05) is 28.7 Å². The highest BCUT2D eigenvalue weighted by atomic mass is 127. The lowest BCUT2D eigenvalue weighted by Crippen LogP contribution is -1.86. The van der Waals surface area contributed by atoms with E-state index in [1.54, 1.807) is 0 Å². The van der Waals surface area contributed by atoms with E-state index in [1.165, 1.54) is 5.69 Å². The van der Waals surface area contributed by atoms with E-state index >= 15 is 0 Å². The van der Waals surface area contributed by atoms with E-state index in [-0.39, 0.29) is 0 Å². The van der Waals surface area contributed by atoms with Crippen LogP contribution in [0.3, 0.4) is 0 Å². The number of rotatable bonds is 1. The number of imidazole rings is 1. The highest BCUT2D eigenvalue weighted by Gasteiger charge is 2.06. The van der Waals surface area contributed by atoms with Crippen molar-refractivity contribution in [2.24, 2.45) is 0 Å². The van der Waals surface area contributed by atoms with Gasteiger partial charge in [-0.2, -0.15) is 0 Å². The molecule has 0 N–H and O–H groups in total. The first-order valence-corrected chi connectivity index (χ1v) is 5.52. The number of aryl methyl sites for hydroxylation is 1. The molecule has 13 heavy (non-hydrogen) atoms. The third-order valence-electron chi connectivity index (χ3n) is 2.12. The molecule has 2 heterocycles. The summed E-state index contributed by atoms with van der Waals surface area (Å²) in [5, 5.41) is 0. The van der Waals surface area contributed by atoms with Crippen LogP contribution in [0.2, 0.25) is 0 Å². The van der Waals surface area contributed by atoms with E-state index in [9.17, 15) is 0 Å². The molecule has 0 saturated carbocycles. The van der Waals surface area contributed by atoms with Crippen LogP contribution in [0.25, 0.3) is 5.65 Å². The summed E-state index contributed by atoms with van der Waals surface area (Å²) in [5.41, 5.74) is 3.42. The van der Waals surface area contributed by atoms with E-state index in [0.717, 1.165) is 11.3 Å². The monoisotopic (exact) mass is 286 g/mol. The number of halogens is 1. The van der Waals surface area contributed by atoms with Gasteiger partial charge in [0.25, 0.3) is 0 Å². The normalized spacial score (nSPS) is 13.5. The standard InChI is InChI=1S/C10H11IN2/c1-7-4-3-5-10-12-9(8(2)11)6-13(7)10/h3-6,8H,1-2H3. The van der Waals surface area contributed by atoms with Gasteiger partial charge in [-0.15, -0.1) is 0 Å². The maximum atomic E-state index is 4.53. The van der Waals surface area contributed by atoms with Crippen LogP contribution in [-0.2, 0) is 0 Å². The van der Waals surface area contributed by atoms with Gasteiger partial charge in [0.05, 0.1) is 9.62 Å². The molecule has 1 atom stereocenters. The van der Waals surface area contributed by atoms with Crippen molar-refractivity contribution in [1.82, 2.24) is 9.38 Å². The van der Waals surface area contributed by atoms with Crippen LogP contribution in [0.15, 0.2) is 24.4 Å². The second kappa shape index (κ2) is 3.29. The van der Waals surface area contributed by atoms with Crippen molar-refractivity contribution in [1.29, 1.82) is 0 Å². The number of aromatic nitrogens is 2. The third kappa shape index (κ3) is 1.57. The Hall–Kier alpha value is -0.580. The van der Waals surface area contributed by atoms with Gasteiger partial charge in [0.1, 0.15) is 5.65 Å². The fourth-order valence-corrected chi connectivity index (χ4v) is 1.66. The number of hydrogen-bond donors (Lipinski definition) is 0. The van der Waals surface area contributed by atoms with Crippen LogP contribution >= 0.6 is 22.6 Å². The highest BCUT2D eigenvalue weighted by molar-refractivity contribution is 14.1. The Morgan fingerprint density at radius 1 is 1.46 bits per heavy atom. The van der Waals surface area contributed by atoms with Crippen LogP contribution < -0.4 is 0 Å². The Morgan fingerprint density at radius 2 is 2.23 bits per heavy atom. The predicted octanol–water partition coefficient (Wildman–Crippen LogP) is 3.14. The molecule has 0 aliphatic rings. The molecule has 2 rings (SSSR count). The maximum Gasteiger partial charge on any atom is 0.137 e. The first-order valence-electron chi connectivity index (χ1n) is 4.27. The van der Waals surface area contributed by atoms with E-state index < -0.39 is 0 Å². The average molecular weight is 286 g/mol. The Kier molecular flexibility index (Phi) is 2.27. The Morgan fingerprint density at radius 3 is 2.85 bits per heavy atom. The van der Waals surface area contributed by atoms with E-state index in [4.69, 9.17) is 0 Å². The lowest BCUT2D eigenvalue weighted by atomic mass is 10.4. The van der Waals surface area contributed by atoms with Gasteiger partial charge in [0.15, 0.2) is 0 Å². The topological polar surface area (TPSA) is 17.3 Å². The predicted molar refractivity (Wildman–Crippen MR) is 62.4 cm³/mol. The van der Waals surface area contributed by atoms with Crippen LogP contribution in [0.1, 0.15) is 22.2 Å². The summed E-state index contributed by atoms with van der Waals surface area (Å²) in [7, 11) is 0. The maximum absolute atomic E-state index is 4.53. The molecule has 0 amide bonds. The van der Waals surface area contributed by atoms with Crippen LogP contribution in [0.5, 0.6) is 0 Å². The molecule has 68 valence electrons. The molecule has 2 aromatic rings. The second-order valence-corrected chi connectivity index (χ2v) is 5.05. The van der Waals surface area contributed by atoms with Crippen LogP contribution in [-0.4, -0.2) is 9.38 Å². The van der Waals surface area contributed by atoms with Crippen molar-refractivity contribution < 1.29 is 0 Å². The van der Waals surface area contributed by atoms with Crippen LogP contribution in [0.4, 0.5) is 0 Å². The Balaban J connectivity index is 2.68. The fourth-order valence-electron chi connectivity index (χ4n) is 1.36. The second-order valence-electron chi connectivity index (χ2n) is 3.18. The lowest BCUT2D eigenvalue weighted by Gasteiger charge is -1.96. The van der Waals surface area contributed by atoms with Gasteiger partial charge in [-0.3, -0.25) is 0 Å². The SMILES string of the molecule is Cc1cccc2nc(C(C)I)cn12. The van der Waals surface area contributed by atoms with Crippen molar-refractivity contribution in [2.75, 3.05) is 0 Å². The molecular formula is C10H11IN2. The molecule has 2 aromatic heterocycles. The van der Waals surface area contributed by atoms with Crippen molar-refractivity contribution in [3.63, 3.8) is 0 Å². The Labute approximate surface area is 91.1 Å². The molecule has 0 spiro atoms. The molecular weight excluding hydrogens is 275 g/mol. The van der Waals surface area contributed by atoms with Gasteiger partial charge >= 0.3 is 0 Å². The molecule has 3 heteroatoms. The number of pyridine rings is 1. The molecule has 1 unspecified atom stereocenters. The molecule has 0 aromatic carbocycles. The summed E-state index contributed by atoms with van der Waals surface area (Å²) in [4.78, 5) is 4.53. The van der Waals surface area contributed by atoms with Crippen molar-refractivity contribution in [2.45, 2.75) is 17.8 Å². The number of fused-ring (bicyclic) bond motifs is 1. The van der Waals surface area contributed by atoms with Crippen LogP contribution in [0, 0.1) is 6.92 Å². The van der Waals surface area contributed by atoms with Gasteiger partial charge in [0.2, 0.25) is 0 Å². The molecule has 0 bridgehead atoms. The van der Waals surface area contributed by atoms with Gasteiger partial charge in [-0.25, -0.2) is 4.98 Å². The van der Waals surface area contributed by atoms with E-state index in [1.807, 2.05) is 12.1 Å². The zero-order chi connectivity index (χ0) is 9.42. The lowest BCUT2D eigenvalue weighted by molar-refractivity contribution is 1.06. The average Bonchev–Trinajstić information content (AvgIpc) is 2.49. The minimum absolute atomic E-state index is 0.469. The molecule has 0 aliphatic heterocycles. The fraction of sp³-hybridized carbons (Fsp3) is 0.300. The molecule has 0 radical (unpaired) electrons. The number of alkyl halides is 1. The smallest absolute Gasteiger partial charge is 0.137 e. The van der Waals surface area contributed by atoms with E-state index in [0.29, 0.717) is 3.92 Å². The minimum atomic E-state index is 0.469.